The Kier molecular flexibility index (Phi) is 7.78. The Hall–Kier alpha value is -4.65. The number of rotatable bonds is 4. The summed E-state index contributed by atoms with van der Waals surface area (Å²) in [5.74, 6) is 0.555. The van der Waals surface area contributed by atoms with Crippen LogP contribution in [0, 0.1) is 12.8 Å². The number of anilines is 3. The zero-order valence-electron chi connectivity index (χ0n) is 24.0. The molecule has 2 aliphatic rings. The predicted octanol–water partition coefficient (Wildman–Crippen LogP) is 5.41. The van der Waals surface area contributed by atoms with E-state index in [0.717, 1.165) is 0 Å². The molecule has 5 rings (SSSR count). The van der Waals surface area contributed by atoms with E-state index in [2.05, 4.69) is 20.6 Å². The van der Waals surface area contributed by atoms with Crippen molar-refractivity contribution in [3.8, 4) is 17.0 Å². The number of benzene rings is 1. The lowest BCUT2D eigenvalue weighted by atomic mass is 9.97. The van der Waals surface area contributed by atoms with Crippen molar-refractivity contribution < 1.29 is 38.4 Å². The van der Waals surface area contributed by atoms with Gasteiger partial charge in [0, 0.05) is 29.3 Å². The van der Waals surface area contributed by atoms with Crippen molar-refractivity contribution in [1.29, 1.82) is 0 Å². The molecule has 1 saturated heterocycles. The van der Waals surface area contributed by atoms with Crippen molar-refractivity contribution >= 4 is 46.2 Å². The highest BCUT2D eigenvalue weighted by molar-refractivity contribution is 6.04. The highest BCUT2D eigenvalue weighted by Gasteiger charge is 2.29. The summed E-state index contributed by atoms with van der Waals surface area (Å²) < 4.78 is 21.9. The Labute approximate surface area is 242 Å². The monoisotopic (exact) mass is 579 g/mol. The molecular weight excluding hydrogens is 546 g/mol. The quantitative estimate of drug-likeness (QED) is 0.364. The number of ether oxygens (including phenoxy) is 4. The average molecular weight is 580 g/mol. The standard InChI is InChI=1S/C29H33N5O8/c1-15-13-39-14-22(15)41-26(35)33-23-10-18-8-17(9-21(20(18)12-30-23)32-27(36)42-29(3,4)5)19-11-31-25-24(16(19)2)34(28(37)38)6-7-40-25/h8-12,15,22H,6-7,13-14H2,1-5H3,(H,32,36)(H,37,38)(H,30,33,35)/t15-,22+/m1/s1. The number of carbonyl (C=O) groups is 3. The summed E-state index contributed by atoms with van der Waals surface area (Å²) in [5, 5.41) is 16.4. The van der Waals surface area contributed by atoms with Crippen molar-refractivity contribution in [2.45, 2.75) is 46.3 Å². The lowest BCUT2D eigenvalue weighted by molar-refractivity contribution is 0.0636. The van der Waals surface area contributed by atoms with Crippen LogP contribution in [-0.2, 0) is 14.2 Å². The Balaban J connectivity index is 1.55. The van der Waals surface area contributed by atoms with Crippen LogP contribution in [0.2, 0.25) is 0 Å². The molecule has 222 valence electrons. The van der Waals surface area contributed by atoms with E-state index in [1.54, 1.807) is 46.0 Å². The van der Waals surface area contributed by atoms with Crippen LogP contribution in [0.3, 0.4) is 0 Å². The minimum atomic E-state index is -1.11. The van der Waals surface area contributed by atoms with E-state index < -0.39 is 23.9 Å². The first-order valence-electron chi connectivity index (χ1n) is 13.5. The molecule has 0 saturated carbocycles. The maximum Gasteiger partial charge on any atom is 0.413 e. The van der Waals surface area contributed by atoms with Crippen LogP contribution in [-0.4, -0.2) is 71.4 Å². The molecule has 0 bridgehead atoms. The fourth-order valence-corrected chi connectivity index (χ4v) is 4.88. The molecule has 2 aromatic heterocycles. The van der Waals surface area contributed by atoms with Crippen LogP contribution in [0.4, 0.5) is 31.6 Å². The molecule has 3 amide bonds. The van der Waals surface area contributed by atoms with E-state index in [9.17, 15) is 19.5 Å². The summed E-state index contributed by atoms with van der Waals surface area (Å²) in [6.45, 7) is 10.2. The maximum absolute atomic E-state index is 12.8. The summed E-state index contributed by atoms with van der Waals surface area (Å²) in [6.07, 6.45) is 0.345. The maximum atomic E-state index is 12.8. The van der Waals surface area contributed by atoms with Gasteiger partial charge in [0.2, 0.25) is 5.88 Å². The highest BCUT2D eigenvalue weighted by atomic mass is 16.6. The molecule has 1 fully saturated rings. The van der Waals surface area contributed by atoms with Gasteiger partial charge in [-0.15, -0.1) is 0 Å². The number of carboxylic acid groups (broad SMARTS) is 1. The van der Waals surface area contributed by atoms with Crippen LogP contribution in [0.15, 0.2) is 30.6 Å². The topological polar surface area (TPSA) is 161 Å². The van der Waals surface area contributed by atoms with Crippen LogP contribution < -0.4 is 20.3 Å². The third-order valence-corrected chi connectivity index (χ3v) is 6.90. The first kappa shape index (κ1) is 28.9. The van der Waals surface area contributed by atoms with Gasteiger partial charge < -0.3 is 24.1 Å². The van der Waals surface area contributed by atoms with E-state index in [1.807, 2.05) is 13.0 Å². The molecule has 0 aliphatic carbocycles. The number of pyridine rings is 2. The molecule has 42 heavy (non-hydrogen) atoms. The molecule has 0 radical (unpaired) electrons. The minimum absolute atomic E-state index is 0.0836. The van der Waals surface area contributed by atoms with E-state index in [1.165, 1.54) is 11.1 Å². The zero-order chi connectivity index (χ0) is 30.2. The van der Waals surface area contributed by atoms with Gasteiger partial charge in [-0.1, -0.05) is 6.92 Å². The van der Waals surface area contributed by atoms with Crippen LogP contribution in [0.1, 0.15) is 33.3 Å². The van der Waals surface area contributed by atoms with Gasteiger partial charge in [-0.2, -0.15) is 0 Å². The predicted molar refractivity (Wildman–Crippen MR) is 154 cm³/mol. The number of aromatic nitrogens is 2. The van der Waals surface area contributed by atoms with Crippen molar-refractivity contribution in [2.24, 2.45) is 5.92 Å². The van der Waals surface area contributed by atoms with Crippen molar-refractivity contribution in [2.75, 3.05) is 41.9 Å². The molecule has 0 spiro atoms. The molecule has 3 N–H and O–H groups in total. The summed E-state index contributed by atoms with van der Waals surface area (Å²) in [5.41, 5.74) is 1.92. The molecule has 0 unspecified atom stereocenters. The molecule has 2 aliphatic heterocycles. The highest BCUT2D eigenvalue weighted by Crippen LogP contribution is 2.40. The van der Waals surface area contributed by atoms with Gasteiger partial charge in [-0.25, -0.2) is 24.4 Å². The summed E-state index contributed by atoms with van der Waals surface area (Å²) in [7, 11) is 0. The Morgan fingerprint density at radius 1 is 1.07 bits per heavy atom. The summed E-state index contributed by atoms with van der Waals surface area (Å²) in [4.78, 5) is 47.2. The minimum Gasteiger partial charge on any atom is -0.474 e. The largest absolute Gasteiger partial charge is 0.474 e. The average Bonchev–Trinajstić information content (AvgIpc) is 3.30. The number of hydrogen-bond donors (Lipinski definition) is 3. The second kappa shape index (κ2) is 11.3. The molecule has 13 nitrogen and oxygen atoms in total. The van der Waals surface area contributed by atoms with E-state index in [-0.39, 0.29) is 36.9 Å². The Bertz CT molecular complexity index is 1550. The van der Waals surface area contributed by atoms with Crippen molar-refractivity contribution in [1.82, 2.24) is 9.97 Å². The fraction of sp³-hybridized carbons (Fsp3) is 0.414. The molecule has 13 heteroatoms. The van der Waals surface area contributed by atoms with E-state index in [4.69, 9.17) is 18.9 Å². The zero-order valence-corrected chi connectivity index (χ0v) is 24.0. The van der Waals surface area contributed by atoms with Crippen molar-refractivity contribution in [3.63, 3.8) is 0 Å². The molecular formula is C29H33N5O8. The van der Waals surface area contributed by atoms with Crippen LogP contribution in [0.25, 0.3) is 21.9 Å². The van der Waals surface area contributed by atoms with Crippen LogP contribution >= 0.6 is 0 Å². The van der Waals surface area contributed by atoms with Gasteiger partial charge in [-0.3, -0.25) is 15.5 Å². The van der Waals surface area contributed by atoms with E-state index >= 15 is 0 Å². The van der Waals surface area contributed by atoms with Gasteiger partial charge in [0.15, 0.2) is 0 Å². The normalized spacial score (nSPS) is 18.2. The number of nitrogens with zero attached hydrogens (tertiary/aromatic N) is 3. The lowest BCUT2D eigenvalue weighted by Gasteiger charge is -2.28. The smallest absolute Gasteiger partial charge is 0.413 e. The Morgan fingerprint density at radius 2 is 1.86 bits per heavy atom. The second-order valence-electron chi connectivity index (χ2n) is 11.3. The molecule has 1 aromatic carbocycles. The third-order valence-electron chi connectivity index (χ3n) is 6.90. The van der Waals surface area contributed by atoms with Gasteiger partial charge in [0.25, 0.3) is 0 Å². The molecule has 2 atom stereocenters. The number of nitrogens with one attached hydrogen (secondary N) is 2. The first-order chi connectivity index (χ1) is 19.9. The number of fused-ring (bicyclic) bond motifs is 2. The number of amides is 3. The van der Waals surface area contributed by atoms with E-state index in [0.29, 0.717) is 52.1 Å². The molecule has 3 aromatic rings. The van der Waals surface area contributed by atoms with Crippen LogP contribution in [0.5, 0.6) is 5.88 Å². The fourth-order valence-electron chi connectivity index (χ4n) is 4.88. The van der Waals surface area contributed by atoms with Gasteiger partial charge in [0.05, 0.1) is 25.4 Å². The summed E-state index contributed by atoms with van der Waals surface area (Å²) in [6, 6.07) is 5.23. The SMILES string of the molecule is Cc1c(-c2cc(NC(=O)OC(C)(C)C)c3cnc(NC(=O)O[C@H]4COC[C@H]4C)cc3c2)cnc2c1N(C(=O)O)CCO2. The lowest BCUT2D eigenvalue weighted by Crippen LogP contribution is -2.37. The van der Waals surface area contributed by atoms with Gasteiger partial charge >= 0.3 is 18.3 Å². The number of carbonyl (C=O) groups excluding carboxylic acids is 2. The van der Waals surface area contributed by atoms with Crippen molar-refractivity contribution in [3.05, 3.63) is 36.2 Å². The third kappa shape index (κ3) is 6.15. The Morgan fingerprint density at radius 3 is 2.55 bits per heavy atom. The van der Waals surface area contributed by atoms with Gasteiger partial charge in [-0.05, 0) is 62.4 Å². The summed E-state index contributed by atoms with van der Waals surface area (Å²) >= 11 is 0. The number of hydrogen-bond acceptors (Lipinski definition) is 9. The second-order valence-corrected chi connectivity index (χ2v) is 11.3. The first-order valence-corrected chi connectivity index (χ1v) is 13.5. The van der Waals surface area contributed by atoms with Gasteiger partial charge in [0.1, 0.15) is 29.8 Å². The molecule has 4 heterocycles.